The van der Waals surface area contributed by atoms with Gasteiger partial charge in [-0.3, -0.25) is 13.9 Å². The Balaban J connectivity index is 1.68. The van der Waals surface area contributed by atoms with Crippen molar-refractivity contribution in [1.29, 1.82) is 0 Å². The molecule has 0 unspecified atom stereocenters. The molecule has 0 bridgehead atoms. The van der Waals surface area contributed by atoms with Crippen molar-refractivity contribution in [3.63, 3.8) is 0 Å². The van der Waals surface area contributed by atoms with Gasteiger partial charge >= 0.3 is 0 Å². The molecule has 3 aromatic carbocycles. The molecule has 41 heavy (non-hydrogen) atoms. The first-order valence-electron chi connectivity index (χ1n) is 13.8. The Morgan fingerprint density at radius 3 is 2.20 bits per heavy atom. The SMILES string of the molecule is CC[C@@H](C)NC(=O)[C@@H](C)N(CCc1ccccc1)C(=O)CN(c1ccc2c(c1)OCCO2)S(=O)(=O)c1ccccc1. The van der Waals surface area contributed by atoms with Gasteiger partial charge in [-0.05, 0) is 56.5 Å². The number of anilines is 1. The van der Waals surface area contributed by atoms with Gasteiger partial charge in [0.05, 0.1) is 10.6 Å². The summed E-state index contributed by atoms with van der Waals surface area (Å²) in [7, 11) is -4.16. The molecule has 0 fully saturated rings. The fourth-order valence-electron chi connectivity index (χ4n) is 4.47. The topological polar surface area (TPSA) is 105 Å². The van der Waals surface area contributed by atoms with E-state index in [0.29, 0.717) is 31.1 Å². The summed E-state index contributed by atoms with van der Waals surface area (Å²) in [5.74, 6) is 0.111. The van der Waals surface area contributed by atoms with Crippen LogP contribution < -0.4 is 19.1 Å². The van der Waals surface area contributed by atoms with Crippen molar-refractivity contribution in [3.05, 3.63) is 84.4 Å². The Morgan fingerprint density at radius 1 is 0.902 bits per heavy atom. The van der Waals surface area contributed by atoms with Gasteiger partial charge in [-0.1, -0.05) is 55.5 Å². The normalized spacial score (nSPS) is 14.0. The van der Waals surface area contributed by atoms with E-state index in [9.17, 15) is 18.0 Å². The average Bonchev–Trinajstić information content (AvgIpc) is 3.00. The molecule has 0 saturated carbocycles. The molecule has 1 aliphatic rings. The average molecular weight is 580 g/mol. The van der Waals surface area contributed by atoms with Crippen LogP contribution in [0, 0.1) is 0 Å². The molecule has 218 valence electrons. The number of fused-ring (bicyclic) bond motifs is 1. The fourth-order valence-corrected chi connectivity index (χ4v) is 5.90. The van der Waals surface area contributed by atoms with Crippen LogP contribution in [0.2, 0.25) is 0 Å². The lowest BCUT2D eigenvalue weighted by Gasteiger charge is -2.32. The fraction of sp³-hybridized carbons (Fsp3) is 0.355. The Hall–Kier alpha value is -4.05. The molecule has 1 N–H and O–H groups in total. The molecule has 9 nitrogen and oxygen atoms in total. The van der Waals surface area contributed by atoms with E-state index in [-0.39, 0.29) is 29.1 Å². The summed E-state index contributed by atoms with van der Waals surface area (Å²) >= 11 is 0. The van der Waals surface area contributed by atoms with Gasteiger partial charge in [0, 0.05) is 18.7 Å². The lowest BCUT2D eigenvalue weighted by molar-refractivity contribution is -0.139. The van der Waals surface area contributed by atoms with Gasteiger partial charge in [-0.25, -0.2) is 8.42 Å². The third-order valence-corrected chi connectivity index (χ3v) is 8.86. The highest BCUT2D eigenvalue weighted by Gasteiger charge is 2.33. The quantitative estimate of drug-likeness (QED) is 0.348. The molecule has 0 radical (unpaired) electrons. The maximum absolute atomic E-state index is 14.0. The number of benzene rings is 3. The van der Waals surface area contributed by atoms with Crippen LogP contribution in [-0.4, -0.2) is 63.5 Å². The first kappa shape index (κ1) is 29.9. The van der Waals surface area contributed by atoms with Crippen molar-refractivity contribution >= 4 is 27.5 Å². The summed E-state index contributed by atoms with van der Waals surface area (Å²) in [6, 6.07) is 21.5. The number of hydrogen-bond donors (Lipinski definition) is 1. The maximum Gasteiger partial charge on any atom is 0.264 e. The van der Waals surface area contributed by atoms with Crippen LogP contribution in [0.1, 0.15) is 32.8 Å². The van der Waals surface area contributed by atoms with E-state index in [2.05, 4.69) is 5.32 Å². The summed E-state index contributed by atoms with van der Waals surface area (Å²) in [6.07, 6.45) is 1.24. The van der Waals surface area contributed by atoms with Crippen LogP contribution in [0.3, 0.4) is 0 Å². The smallest absolute Gasteiger partial charge is 0.264 e. The Bertz CT molecular complexity index is 1430. The summed E-state index contributed by atoms with van der Waals surface area (Å²) in [6.45, 7) is 5.98. The molecule has 4 rings (SSSR count). The van der Waals surface area contributed by atoms with Gasteiger partial charge < -0.3 is 19.7 Å². The molecule has 2 amide bonds. The van der Waals surface area contributed by atoms with E-state index < -0.39 is 28.5 Å². The number of nitrogens with zero attached hydrogens (tertiary/aromatic N) is 2. The van der Waals surface area contributed by atoms with Gasteiger partial charge in [0.25, 0.3) is 10.0 Å². The third kappa shape index (κ3) is 7.38. The number of carbonyl (C=O) groups excluding carboxylic acids is 2. The Kier molecular flexibility index (Phi) is 9.88. The number of sulfonamides is 1. The molecule has 0 aliphatic carbocycles. The minimum absolute atomic E-state index is 0.0427. The minimum Gasteiger partial charge on any atom is -0.486 e. The van der Waals surface area contributed by atoms with E-state index in [4.69, 9.17) is 9.47 Å². The van der Waals surface area contributed by atoms with Gasteiger partial charge in [0.15, 0.2) is 11.5 Å². The second-order valence-electron chi connectivity index (χ2n) is 9.97. The van der Waals surface area contributed by atoms with Crippen molar-refractivity contribution < 1.29 is 27.5 Å². The highest BCUT2D eigenvalue weighted by molar-refractivity contribution is 7.92. The second kappa shape index (κ2) is 13.5. The number of nitrogens with one attached hydrogen (secondary N) is 1. The molecular weight excluding hydrogens is 542 g/mol. The molecule has 2 atom stereocenters. The van der Waals surface area contributed by atoms with Gasteiger partial charge in [0.2, 0.25) is 11.8 Å². The standard InChI is InChI=1S/C31H37N3O6S/c1-4-23(2)32-31(36)24(3)33(18-17-25-11-7-5-8-12-25)30(35)22-34(41(37,38)27-13-9-6-10-14-27)26-15-16-28-29(21-26)40-20-19-39-28/h5-16,21,23-24H,4,17-20,22H2,1-3H3,(H,32,36)/t23-,24-/m1/s1. The monoisotopic (exact) mass is 579 g/mol. The van der Waals surface area contributed by atoms with E-state index in [1.807, 2.05) is 44.2 Å². The van der Waals surface area contributed by atoms with E-state index in [1.165, 1.54) is 17.0 Å². The minimum atomic E-state index is -4.16. The van der Waals surface area contributed by atoms with Crippen LogP contribution in [0.25, 0.3) is 0 Å². The lowest BCUT2D eigenvalue weighted by Crippen LogP contribution is -2.53. The van der Waals surface area contributed by atoms with Crippen molar-refractivity contribution in [3.8, 4) is 11.5 Å². The van der Waals surface area contributed by atoms with E-state index in [1.54, 1.807) is 43.3 Å². The summed E-state index contributed by atoms with van der Waals surface area (Å²) in [4.78, 5) is 28.6. The second-order valence-corrected chi connectivity index (χ2v) is 11.8. The number of hydrogen-bond acceptors (Lipinski definition) is 6. The summed E-state index contributed by atoms with van der Waals surface area (Å²) < 4.78 is 40.2. The zero-order valence-electron chi connectivity index (χ0n) is 23.7. The first-order chi connectivity index (χ1) is 19.7. The van der Waals surface area contributed by atoms with Gasteiger partial charge in [0.1, 0.15) is 25.8 Å². The first-order valence-corrected chi connectivity index (χ1v) is 15.3. The van der Waals surface area contributed by atoms with Crippen LogP contribution in [0.4, 0.5) is 5.69 Å². The zero-order chi connectivity index (χ0) is 29.4. The van der Waals surface area contributed by atoms with Gasteiger partial charge in [-0.2, -0.15) is 0 Å². The van der Waals surface area contributed by atoms with Crippen LogP contribution in [0.15, 0.2) is 83.8 Å². The molecule has 0 spiro atoms. The lowest BCUT2D eigenvalue weighted by atomic mass is 10.1. The van der Waals surface area contributed by atoms with E-state index in [0.717, 1.165) is 16.3 Å². The van der Waals surface area contributed by atoms with Crippen LogP contribution in [-0.2, 0) is 26.0 Å². The third-order valence-electron chi connectivity index (χ3n) is 7.08. The molecule has 3 aromatic rings. The predicted molar refractivity (Wildman–Crippen MR) is 158 cm³/mol. The van der Waals surface area contributed by atoms with Crippen molar-refractivity contribution in [1.82, 2.24) is 10.2 Å². The largest absolute Gasteiger partial charge is 0.486 e. The molecular formula is C31H37N3O6S. The highest BCUT2D eigenvalue weighted by Crippen LogP contribution is 2.35. The number of carbonyl (C=O) groups is 2. The van der Waals surface area contributed by atoms with Crippen molar-refractivity contribution in [2.45, 2.75) is 50.6 Å². The Morgan fingerprint density at radius 2 is 1.54 bits per heavy atom. The van der Waals surface area contributed by atoms with Crippen molar-refractivity contribution in [2.75, 3.05) is 30.6 Å². The summed E-state index contributed by atoms with van der Waals surface area (Å²) in [5.41, 5.74) is 1.26. The summed E-state index contributed by atoms with van der Waals surface area (Å²) in [5, 5.41) is 2.94. The van der Waals surface area contributed by atoms with E-state index >= 15 is 0 Å². The maximum atomic E-state index is 14.0. The van der Waals surface area contributed by atoms with Crippen molar-refractivity contribution in [2.24, 2.45) is 0 Å². The predicted octanol–water partition coefficient (Wildman–Crippen LogP) is 4.03. The molecule has 1 aliphatic heterocycles. The molecule has 0 saturated heterocycles. The number of ether oxygens (including phenoxy) is 2. The molecule has 0 aromatic heterocycles. The number of amides is 2. The zero-order valence-corrected chi connectivity index (χ0v) is 24.5. The van der Waals surface area contributed by atoms with Crippen LogP contribution in [0.5, 0.6) is 11.5 Å². The molecule has 1 heterocycles. The van der Waals surface area contributed by atoms with Gasteiger partial charge in [-0.15, -0.1) is 0 Å². The Labute approximate surface area is 242 Å². The number of rotatable bonds is 12. The van der Waals surface area contributed by atoms with Crippen LogP contribution >= 0.6 is 0 Å². The highest BCUT2D eigenvalue weighted by atomic mass is 32.2. The molecule has 10 heteroatoms.